The lowest BCUT2D eigenvalue weighted by molar-refractivity contribution is 0.0267. The van der Waals surface area contributed by atoms with Crippen LogP contribution in [0.4, 0.5) is 0 Å². The molecule has 1 unspecified atom stereocenters. The molecule has 48 valence electrons. The first-order chi connectivity index (χ1) is 3.84. The molecule has 0 aliphatic carbocycles. The van der Waals surface area contributed by atoms with Gasteiger partial charge in [-0.05, 0) is 0 Å². The van der Waals surface area contributed by atoms with Gasteiger partial charge in [0.05, 0.1) is 12.7 Å². The van der Waals surface area contributed by atoms with Crippen molar-refractivity contribution in [3.63, 3.8) is 0 Å². The van der Waals surface area contributed by atoms with Gasteiger partial charge < -0.3 is 15.5 Å². The number of hydrogen-bond donors (Lipinski definition) is 3. The van der Waals surface area contributed by atoms with Gasteiger partial charge >= 0.3 is 0 Å². The Morgan fingerprint density at radius 3 is 2.38 bits per heavy atom. The molecule has 0 bridgehead atoms. The van der Waals surface area contributed by atoms with E-state index in [0.717, 1.165) is 13.1 Å². The average Bonchev–Trinajstić information content (AvgIpc) is 1.62. The molecule has 0 saturated carbocycles. The number of rotatable bonds is 2. The zero-order valence-electron chi connectivity index (χ0n) is 4.67. The minimum atomic E-state index is -0.503. The predicted octanol–water partition coefficient (Wildman–Crippen LogP) is -1.44. The van der Waals surface area contributed by atoms with Crippen LogP contribution in [0.15, 0.2) is 0 Å². The van der Waals surface area contributed by atoms with Crippen molar-refractivity contribution >= 4 is 0 Å². The largest absolute Gasteiger partial charge is 0.394 e. The van der Waals surface area contributed by atoms with Crippen molar-refractivity contribution in [1.29, 1.82) is 0 Å². The highest BCUT2D eigenvalue weighted by Gasteiger charge is 2.23. The third-order valence-corrected chi connectivity index (χ3v) is 1.54. The fourth-order valence-corrected chi connectivity index (χ4v) is 0.732. The Hall–Kier alpha value is -0.120. The van der Waals surface area contributed by atoms with Crippen molar-refractivity contribution in [2.45, 2.75) is 6.10 Å². The summed E-state index contributed by atoms with van der Waals surface area (Å²) < 4.78 is 0. The number of nitrogens with one attached hydrogen (secondary N) is 1. The summed E-state index contributed by atoms with van der Waals surface area (Å²) in [7, 11) is 0. The van der Waals surface area contributed by atoms with Crippen molar-refractivity contribution in [1.82, 2.24) is 5.32 Å². The zero-order valence-corrected chi connectivity index (χ0v) is 4.67. The van der Waals surface area contributed by atoms with Crippen LogP contribution in [0, 0.1) is 5.92 Å². The standard InChI is InChI=1S/C5H11NO2/c7-3-5(8)4-1-6-2-4/h4-8H,1-3H2. The summed E-state index contributed by atoms with van der Waals surface area (Å²) in [6.07, 6.45) is -0.503. The van der Waals surface area contributed by atoms with Crippen LogP contribution in [-0.2, 0) is 0 Å². The fraction of sp³-hybridized carbons (Fsp3) is 1.00. The van der Waals surface area contributed by atoms with E-state index in [1.807, 2.05) is 0 Å². The van der Waals surface area contributed by atoms with Crippen molar-refractivity contribution in [3.05, 3.63) is 0 Å². The lowest BCUT2D eigenvalue weighted by Gasteiger charge is -2.30. The van der Waals surface area contributed by atoms with Crippen molar-refractivity contribution in [3.8, 4) is 0 Å². The molecule has 3 N–H and O–H groups in total. The molecule has 1 fully saturated rings. The van der Waals surface area contributed by atoms with E-state index >= 15 is 0 Å². The predicted molar refractivity (Wildman–Crippen MR) is 29.5 cm³/mol. The van der Waals surface area contributed by atoms with Crippen LogP contribution in [0.2, 0.25) is 0 Å². The molecule has 3 heteroatoms. The van der Waals surface area contributed by atoms with Gasteiger partial charge in [-0.25, -0.2) is 0 Å². The summed E-state index contributed by atoms with van der Waals surface area (Å²) >= 11 is 0. The van der Waals surface area contributed by atoms with Crippen molar-refractivity contribution in [2.75, 3.05) is 19.7 Å². The van der Waals surface area contributed by atoms with Crippen molar-refractivity contribution < 1.29 is 10.2 Å². The third kappa shape index (κ3) is 0.992. The minimum absolute atomic E-state index is 0.105. The van der Waals surface area contributed by atoms with Gasteiger partial charge in [-0.1, -0.05) is 0 Å². The van der Waals surface area contributed by atoms with E-state index in [0.29, 0.717) is 5.92 Å². The molecule has 0 aromatic rings. The fourth-order valence-electron chi connectivity index (χ4n) is 0.732. The van der Waals surface area contributed by atoms with Gasteiger partial charge in [0.1, 0.15) is 0 Å². The summed E-state index contributed by atoms with van der Waals surface area (Å²) in [6.45, 7) is 1.59. The summed E-state index contributed by atoms with van der Waals surface area (Å²) in [6, 6.07) is 0. The van der Waals surface area contributed by atoms with Crippen molar-refractivity contribution in [2.24, 2.45) is 5.92 Å². The molecule has 1 rings (SSSR count). The first-order valence-corrected chi connectivity index (χ1v) is 2.84. The van der Waals surface area contributed by atoms with Gasteiger partial charge in [-0.3, -0.25) is 0 Å². The molecule has 0 aromatic heterocycles. The molecule has 1 aliphatic heterocycles. The van der Waals surface area contributed by atoms with E-state index in [2.05, 4.69) is 5.32 Å². The maximum absolute atomic E-state index is 8.89. The average molecular weight is 117 g/mol. The topological polar surface area (TPSA) is 52.5 Å². The number of aliphatic hydroxyl groups excluding tert-OH is 2. The molecule has 1 heterocycles. The molecule has 8 heavy (non-hydrogen) atoms. The van der Waals surface area contributed by atoms with Gasteiger partial charge in [0, 0.05) is 19.0 Å². The molecule has 1 saturated heterocycles. The quantitative estimate of drug-likeness (QED) is 0.415. The number of hydrogen-bond acceptors (Lipinski definition) is 3. The Bertz CT molecular complexity index is 70.1. The molecule has 1 atom stereocenters. The van der Waals surface area contributed by atoms with Gasteiger partial charge in [0.25, 0.3) is 0 Å². The van der Waals surface area contributed by atoms with E-state index in [4.69, 9.17) is 10.2 Å². The summed E-state index contributed by atoms with van der Waals surface area (Å²) in [5.41, 5.74) is 0. The molecule has 0 radical (unpaired) electrons. The maximum Gasteiger partial charge on any atom is 0.0823 e. The van der Waals surface area contributed by atoms with Crippen LogP contribution < -0.4 is 5.32 Å². The van der Waals surface area contributed by atoms with Gasteiger partial charge in [-0.2, -0.15) is 0 Å². The van der Waals surface area contributed by atoms with E-state index < -0.39 is 6.10 Å². The second kappa shape index (κ2) is 2.44. The number of aliphatic hydroxyl groups is 2. The highest BCUT2D eigenvalue weighted by Crippen LogP contribution is 2.07. The lowest BCUT2D eigenvalue weighted by Crippen LogP contribution is -2.49. The highest BCUT2D eigenvalue weighted by atomic mass is 16.3. The van der Waals surface area contributed by atoms with Gasteiger partial charge in [-0.15, -0.1) is 0 Å². The van der Waals surface area contributed by atoms with E-state index in [-0.39, 0.29) is 6.61 Å². The van der Waals surface area contributed by atoms with Crippen LogP contribution >= 0.6 is 0 Å². The van der Waals surface area contributed by atoms with Crippen LogP contribution in [0.25, 0.3) is 0 Å². The first kappa shape index (κ1) is 6.01. The van der Waals surface area contributed by atoms with Gasteiger partial charge in [0.2, 0.25) is 0 Å². The Morgan fingerprint density at radius 1 is 1.62 bits per heavy atom. The first-order valence-electron chi connectivity index (χ1n) is 2.84. The smallest absolute Gasteiger partial charge is 0.0823 e. The Balaban J connectivity index is 2.13. The van der Waals surface area contributed by atoms with E-state index in [1.54, 1.807) is 0 Å². The summed E-state index contributed by atoms with van der Waals surface area (Å²) in [5.74, 6) is 0.292. The van der Waals surface area contributed by atoms with E-state index in [9.17, 15) is 0 Å². The molecular weight excluding hydrogens is 106 g/mol. The monoisotopic (exact) mass is 117 g/mol. The Morgan fingerprint density at radius 2 is 2.25 bits per heavy atom. The summed E-state index contributed by atoms with van der Waals surface area (Å²) in [4.78, 5) is 0. The Kier molecular flexibility index (Phi) is 1.83. The maximum atomic E-state index is 8.89. The Labute approximate surface area is 48.3 Å². The van der Waals surface area contributed by atoms with Crippen LogP contribution in [0.1, 0.15) is 0 Å². The SMILES string of the molecule is OCC(O)C1CNC1. The van der Waals surface area contributed by atoms with Crippen LogP contribution in [-0.4, -0.2) is 36.0 Å². The highest BCUT2D eigenvalue weighted by molar-refractivity contribution is 4.80. The third-order valence-electron chi connectivity index (χ3n) is 1.54. The molecule has 1 aliphatic rings. The molecule has 0 amide bonds. The zero-order chi connectivity index (χ0) is 5.98. The second-order valence-corrected chi connectivity index (χ2v) is 2.17. The molecular formula is C5H11NO2. The molecule has 0 aromatic carbocycles. The minimum Gasteiger partial charge on any atom is -0.394 e. The normalized spacial score (nSPS) is 24.8. The second-order valence-electron chi connectivity index (χ2n) is 2.17. The van der Waals surface area contributed by atoms with E-state index in [1.165, 1.54) is 0 Å². The van der Waals surface area contributed by atoms with Gasteiger partial charge in [0.15, 0.2) is 0 Å². The summed E-state index contributed by atoms with van der Waals surface area (Å²) in [5, 5.41) is 20.3. The lowest BCUT2D eigenvalue weighted by atomic mass is 9.97. The molecule has 3 nitrogen and oxygen atoms in total. The van der Waals surface area contributed by atoms with Crippen LogP contribution in [0.3, 0.4) is 0 Å². The van der Waals surface area contributed by atoms with Crippen LogP contribution in [0.5, 0.6) is 0 Å². The molecule has 0 spiro atoms.